The molecular weight excluding hydrogens is 449 g/mol. The lowest BCUT2D eigenvalue weighted by Crippen LogP contribution is -2.35. The molecule has 0 saturated carbocycles. The highest BCUT2D eigenvalue weighted by molar-refractivity contribution is 7.66. The standard InChI is InChI=1S/C9H17N4O12P3/c1-6-4-7(23-9(2,11-3)12-13-10)8(22-6)5-21-27(17,18)25-28(19,20)24-26(14,15)16/h6-8H,4-5H2,1-2H3,(H,17,18)(H,19,20)(H2,14,15,16)/t6-,7+,8+,9?/m0/s1. The maximum Gasteiger partial charge on any atom is 0.490 e. The fourth-order valence-electron chi connectivity index (χ4n) is 2.10. The molecule has 6 atom stereocenters. The van der Waals surface area contributed by atoms with Crippen LogP contribution in [0, 0.1) is 6.57 Å². The Hall–Kier alpha value is -0.870. The van der Waals surface area contributed by atoms with E-state index in [1.54, 1.807) is 6.92 Å². The average Bonchev–Trinajstić information content (AvgIpc) is 2.81. The zero-order valence-corrected chi connectivity index (χ0v) is 17.0. The molecule has 4 N–H and O–H groups in total. The van der Waals surface area contributed by atoms with Crippen LogP contribution < -0.4 is 0 Å². The molecule has 19 heteroatoms. The van der Waals surface area contributed by atoms with Crippen LogP contribution in [0.2, 0.25) is 0 Å². The van der Waals surface area contributed by atoms with E-state index in [1.165, 1.54) is 6.92 Å². The highest BCUT2D eigenvalue weighted by Crippen LogP contribution is 2.66. The van der Waals surface area contributed by atoms with E-state index in [2.05, 4.69) is 28.0 Å². The second kappa shape index (κ2) is 9.30. The van der Waals surface area contributed by atoms with Gasteiger partial charge in [-0.25, -0.2) is 20.3 Å². The third kappa shape index (κ3) is 8.65. The lowest BCUT2D eigenvalue weighted by Gasteiger charge is -2.23. The fourth-order valence-corrected chi connectivity index (χ4v) is 5.13. The van der Waals surface area contributed by atoms with E-state index < -0.39 is 54.2 Å². The second-order valence-corrected chi connectivity index (χ2v) is 9.92. The third-order valence-electron chi connectivity index (χ3n) is 3.02. The highest BCUT2D eigenvalue weighted by atomic mass is 31.3. The van der Waals surface area contributed by atoms with Gasteiger partial charge in [0.2, 0.25) is 0 Å². The second-order valence-electron chi connectivity index (χ2n) is 5.50. The first-order valence-corrected chi connectivity index (χ1v) is 11.7. The van der Waals surface area contributed by atoms with E-state index in [0.29, 0.717) is 0 Å². The first-order chi connectivity index (χ1) is 12.6. The summed E-state index contributed by atoms with van der Waals surface area (Å²) in [6, 6.07) is 0. The first kappa shape index (κ1) is 25.2. The van der Waals surface area contributed by atoms with Gasteiger partial charge in [-0.05, 0) is 12.5 Å². The monoisotopic (exact) mass is 466 g/mol. The molecule has 28 heavy (non-hydrogen) atoms. The first-order valence-electron chi connectivity index (χ1n) is 7.17. The Morgan fingerprint density at radius 2 is 1.86 bits per heavy atom. The number of hydrogen-bond donors (Lipinski definition) is 4. The number of rotatable bonds is 10. The molecule has 0 aliphatic carbocycles. The van der Waals surface area contributed by atoms with E-state index in [9.17, 15) is 18.6 Å². The van der Waals surface area contributed by atoms with E-state index in [0.717, 1.165) is 0 Å². The van der Waals surface area contributed by atoms with Crippen molar-refractivity contribution in [3.63, 3.8) is 0 Å². The molecule has 1 aliphatic heterocycles. The molecule has 1 saturated heterocycles. The number of azide groups is 1. The van der Waals surface area contributed by atoms with Crippen LogP contribution >= 0.6 is 23.5 Å². The average molecular weight is 466 g/mol. The highest BCUT2D eigenvalue weighted by Gasteiger charge is 2.45. The molecule has 16 nitrogen and oxygen atoms in total. The minimum Gasteiger partial charge on any atom is -0.370 e. The summed E-state index contributed by atoms with van der Waals surface area (Å²) < 4.78 is 56.0. The van der Waals surface area contributed by atoms with Crippen LogP contribution in [0.15, 0.2) is 5.11 Å². The van der Waals surface area contributed by atoms with Gasteiger partial charge >= 0.3 is 29.3 Å². The molecule has 0 aromatic carbocycles. The molecule has 1 rings (SSSR count). The zero-order chi connectivity index (χ0) is 21.8. The number of phosphoric acid groups is 3. The van der Waals surface area contributed by atoms with Crippen LogP contribution in [-0.2, 0) is 36.3 Å². The molecule has 0 aromatic rings. The molecule has 0 spiro atoms. The molecule has 1 aliphatic rings. The summed E-state index contributed by atoms with van der Waals surface area (Å²) in [6.45, 7) is 9.08. The predicted octanol–water partition coefficient (Wildman–Crippen LogP) is 1.80. The van der Waals surface area contributed by atoms with Gasteiger partial charge in [-0.2, -0.15) is 8.62 Å². The molecule has 160 valence electrons. The molecule has 0 amide bonds. The summed E-state index contributed by atoms with van der Waals surface area (Å²) in [5.41, 5.74) is 8.50. The summed E-state index contributed by atoms with van der Waals surface area (Å²) in [5, 5.41) is 3.21. The van der Waals surface area contributed by atoms with Crippen molar-refractivity contribution in [2.75, 3.05) is 6.61 Å². The minimum absolute atomic E-state index is 0.191. The SMILES string of the molecule is [C-]#[N+]C(C)(N=[N+]=[N-])O[C@@H]1C[C@H](C)O[C@@H]1COP(=O)(O)OP(=O)(O)OP(=O)(O)O. The van der Waals surface area contributed by atoms with Crippen molar-refractivity contribution in [2.45, 2.75) is 44.4 Å². The Morgan fingerprint density at radius 3 is 2.36 bits per heavy atom. The van der Waals surface area contributed by atoms with Crippen LogP contribution in [0.3, 0.4) is 0 Å². The van der Waals surface area contributed by atoms with Gasteiger partial charge in [-0.1, -0.05) is 0 Å². The number of nitrogens with zero attached hydrogens (tertiary/aromatic N) is 4. The summed E-state index contributed by atoms with van der Waals surface area (Å²) in [6.07, 6.45) is -2.25. The minimum atomic E-state index is -5.64. The van der Waals surface area contributed by atoms with Crippen molar-refractivity contribution in [2.24, 2.45) is 5.11 Å². The van der Waals surface area contributed by atoms with Crippen molar-refractivity contribution < 1.29 is 55.9 Å². The molecule has 0 bridgehead atoms. The summed E-state index contributed by atoms with van der Waals surface area (Å²) in [4.78, 5) is 41.0. The smallest absolute Gasteiger partial charge is 0.370 e. The van der Waals surface area contributed by atoms with Crippen LogP contribution in [0.5, 0.6) is 0 Å². The normalized spacial score (nSPS) is 29.0. The Morgan fingerprint density at radius 1 is 1.25 bits per heavy atom. The Labute approximate surface area is 158 Å². The van der Waals surface area contributed by atoms with Gasteiger partial charge in [-0.3, -0.25) is 14.1 Å². The summed E-state index contributed by atoms with van der Waals surface area (Å²) >= 11 is 0. The van der Waals surface area contributed by atoms with Crippen molar-refractivity contribution in [3.05, 3.63) is 21.9 Å². The molecule has 1 fully saturated rings. The fraction of sp³-hybridized carbons (Fsp3) is 0.889. The van der Waals surface area contributed by atoms with Gasteiger partial charge in [0, 0.05) is 23.4 Å². The predicted molar refractivity (Wildman–Crippen MR) is 87.8 cm³/mol. The van der Waals surface area contributed by atoms with Gasteiger partial charge < -0.3 is 24.3 Å². The van der Waals surface area contributed by atoms with Gasteiger partial charge in [0.15, 0.2) is 0 Å². The lowest BCUT2D eigenvalue weighted by atomic mass is 10.1. The van der Waals surface area contributed by atoms with Crippen molar-refractivity contribution >= 4 is 23.5 Å². The van der Waals surface area contributed by atoms with E-state index >= 15 is 0 Å². The maximum atomic E-state index is 11.7. The zero-order valence-electron chi connectivity index (χ0n) is 14.3. The van der Waals surface area contributed by atoms with E-state index in [-0.39, 0.29) is 6.42 Å². The largest absolute Gasteiger partial charge is 0.490 e. The van der Waals surface area contributed by atoms with Crippen molar-refractivity contribution in [1.29, 1.82) is 0 Å². The summed E-state index contributed by atoms with van der Waals surface area (Å²) in [7, 11) is -16.5. The Balaban J connectivity index is 2.79. The van der Waals surface area contributed by atoms with E-state index in [1.807, 2.05) is 0 Å². The van der Waals surface area contributed by atoms with Crippen molar-refractivity contribution in [3.8, 4) is 0 Å². The Bertz CT molecular complexity index is 805. The van der Waals surface area contributed by atoms with Crippen molar-refractivity contribution in [1.82, 2.24) is 0 Å². The number of phosphoric ester groups is 1. The van der Waals surface area contributed by atoms with E-state index in [4.69, 9.17) is 36.3 Å². The molecule has 3 unspecified atom stereocenters. The number of hydrogen-bond acceptors (Lipinski definition) is 9. The molecule has 0 aromatic heterocycles. The third-order valence-corrected chi connectivity index (χ3v) is 6.82. The molecular formula is C9H17N4O12P3. The van der Waals surface area contributed by atoms with Gasteiger partial charge in [0.1, 0.15) is 6.10 Å². The maximum absolute atomic E-state index is 11.7. The van der Waals surface area contributed by atoms with Gasteiger partial charge in [-0.15, -0.1) is 0 Å². The van der Waals surface area contributed by atoms with Crippen LogP contribution in [0.25, 0.3) is 15.3 Å². The molecule has 1 heterocycles. The van der Waals surface area contributed by atoms with Crippen LogP contribution in [-0.4, -0.2) is 50.3 Å². The quantitative estimate of drug-likeness (QED) is 0.119. The Kier molecular flexibility index (Phi) is 8.36. The van der Waals surface area contributed by atoms with Crippen LogP contribution in [0.4, 0.5) is 0 Å². The topological polar surface area (TPSA) is 231 Å². The molecule has 0 radical (unpaired) electrons. The summed E-state index contributed by atoms with van der Waals surface area (Å²) in [5.74, 6) is -1.91. The van der Waals surface area contributed by atoms with Crippen LogP contribution in [0.1, 0.15) is 20.3 Å². The lowest BCUT2D eigenvalue weighted by molar-refractivity contribution is -0.0934. The number of ether oxygens (including phenoxy) is 2. The van der Waals surface area contributed by atoms with Gasteiger partial charge in [0.05, 0.1) is 18.8 Å². The van der Waals surface area contributed by atoms with Gasteiger partial charge in [0.25, 0.3) is 0 Å².